The number of hydrogen-bond donors (Lipinski definition) is 3. The second-order valence-corrected chi connectivity index (χ2v) is 7.42. The maximum absolute atomic E-state index is 12.3. The smallest absolute Gasteiger partial charge is 0.258 e. The molecule has 0 aliphatic carbocycles. The van der Waals surface area contributed by atoms with Crippen LogP contribution in [0.15, 0.2) is 23.4 Å². The number of thiophene rings is 1. The lowest BCUT2D eigenvalue weighted by Crippen LogP contribution is -2.25. The van der Waals surface area contributed by atoms with E-state index in [1.165, 1.54) is 6.20 Å². The number of nitrogens with one attached hydrogen (secondary N) is 3. The van der Waals surface area contributed by atoms with Crippen LogP contribution < -0.4 is 10.0 Å². The summed E-state index contributed by atoms with van der Waals surface area (Å²) in [6.45, 7) is 5.49. The van der Waals surface area contributed by atoms with Crippen molar-refractivity contribution in [1.29, 1.82) is 0 Å². The highest BCUT2D eigenvalue weighted by Gasteiger charge is 2.20. The SMILES string of the molecule is CCNCc1cn[nH]c1S(=O)(=O)NCc1ccc(C)s1. The Bertz CT molecular complexity index is 661. The summed E-state index contributed by atoms with van der Waals surface area (Å²) < 4.78 is 27.1. The van der Waals surface area contributed by atoms with E-state index in [9.17, 15) is 8.42 Å². The summed E-state index contributed by atoms with van der Waals surface area (Å²) >= 11 is 1.58. The third-order valence-corrected chi connectivity index (χ3v) is 5.16. The molecule has 0 atom stereocenters. The lowest BCUT2D eigenvalue weighted by molar-refractivity contribution is 0.574. The van der Waals surface area contributed by atoms with Crippen molar-refractivity contribution >= 4 is 21.4 Å². The van der Waals surface area contributed by atoms with Crippen LogP contribution in [-0.2, 0) is 23.1 Å². The van der Waals surface area contributed by atoms with Gasteiger partial charge in [0.25, 0.3) is 10.0 Å². The van der Waals surface area contributed by atoms with Crippen molar-refractivity contribution in [2.75, 3.05) is 6.54 Å². The summed E-state index contributed by atoms with van der Waals surface area (Å²) in [7, 11) is -3.57. The zero-order valence-corrected chi connectivity index (χ0v) is 13.1. The van der Waals surface area contributed by atoms with Gasteiger partial charge in [-0.2, -0.15) is 5.10 Å². The van der Waals surface area contributed by atoms with Gasteiger partial charge in [-0.1, -0.05) is 6.92 Å². The summed E-state index contributed by atoms with van der Waals surface area (Å²) in [5.41, 5.74) is 0.640. The lowest BCUT2D eigenvalue weighted by atomic mass is 10.3. The molecule has 110 valence electrons. The van der Waals surface area contributed by atoms with Crippen LogP contribution in [-0.4, -0.2) is 25.2 Å². The number of hydrogen-bond acceptors (Lipinski definition) is 5. The highest BCUT2D eigenvalue weighted by molar-refractivity contribution is 7.89. The topological polar surface area (TPSA) is 86.9 Å². The predicted octanol–water partition coefficient (Wildman–Crippen LogP) is 1.37. The monoisotopic (exact) mass is 314 g/mol. The summed E-state index contributed by atoms with van der Waals surface area (Å²) in [5, 5.41) is 9.60. The zero-order chi connectivity index (χ0) is 14.6. The Morgan fingerprint density at radius 3 is 2.80 bits per heavy atom. The number of rotatable bonds is 7. The molecular formula is C12H18N4O2S2. The second-order valence-electron chi connectivity index (χ2n) is 4.34. The van der Waals surface area contributed by atoms with Crippen LogP contribution in [0.2, 0.25) is 0 Å². The first-order chi connectivity index (χ1) is 9.53. The van der Waals surface area contributed by atoms with E-state index in [0.717, 1.165) is 16.3 Å². The Morgan fingerprint density at radius 1 is 1.35 bits per heavy atom. The van der Waals surface area contributed by atoms with Gasteiger partial charge >= 0.3 is 0 Å². The molecule has 2 rings (SSSR count). The van der Waals surface area contributed by atoms with E-state index in [1.54, 1.807) is 11.3 Å². The number of sulfonamides is 1. The molecular weight excluding hydrogens is 296 g/mol. The zero-order valence-electron chi connectivity index (χ0n) is 11.4. The van der Waals surface area contributed by atoms with E-state index in [0.29, 0.717) is 18.7 Å². The summed E-state index contributed by atoms with van der Waals surface area (Å²) in [5.74, 6) is 0. The van der Waals surface area contributed by atoms with Gasteiger partial charge in [0, 0.05) is 28.4 Å². The van der Waals surface area contributed by atoms with Crippen molar-refractivity contribution in [3.8, 4) is 0 Å². The fourth-order valence-electron chi connectivity index (χ4n) is 1.74. The van der Waals surface area contributed by atoms with Gasteiger partial charge in [-0.3, -0.25) is 5.10 Å². The molecule has 3 N–H and O–H groups in total. The molecule has 6 nitrogen and oxygen atoms in total. The number of nitrogens with zero attached hydrogens (tertiary/aromatic N) is 1. The minimum atomic E-state index is -3.57. The molecule has 0 saturated carbocycles. The molecule has 0 unspecified atom stereocenters. The summed E-state index contributed by atoms with van der Waals surface area (Å²) in [6, 6.07) is 3.90. The third kappa shape index (κ3) is 3.66. The Kier molecular flexibility index (Phi) is 4.92. The number of aromatic nitrogens is 2. The Labute approximate surface area is 122 Å². The van der Waals surface area contributed by atoms with Crippen LogP contribution >= 0.6 is 11.3 Å². The largest absolute Gasteiger partial charge is 0.313 e. The normalized spacial score (nSPS) is 11.9. The molecule has 0 aliphatic rings. The molecule has 20 heavy (non-hydrogen) atoms. The fourth-order valence-corrected chi connectivity index (χ4v) is 3.79. The molecule has 0 radical (unpaired) electrons. The van der Waals surface area contributed by atoms with Crippen LogP contribution in [0.5, 0.6) is 0 Å². The summed E-state index contributed by atoms with van der Waals surface area (Å²) in [4.78, 5) is 2.15. The average molecular weight is 314 g/mol. The van der Waals surface area contributed by atoms with E-state index in [2.05, 4.69) is 20.2 Å². The maximum Gasteiger partial charge on any atom is 0.258 e. The third-order valence-electron chi connectivity index (χ3n) is 2.74. The van der Waals surface area contributed by atoms with Crippen molar-refractivity contribution in [1.82, 2.24) is 20.2 Å². The van der Waals surface area contributed by atoms with E-state index in [4.69, 9.17) is 0 Å². The second kappa shape index (κ2) is 6.49. The Balaban J connectivity index is 2.08. The maximum atomic E-state index is 12.3. The van der Waals surface area contributed by atoms with Gasteiger partial charge in [0.2, 0.25) is 0 Å². The average Bonchev–Trinajstić information content (AvgIpc) is 3.03. The first-order valence-corrected chi connectivity index (χ1v) is 8.61. The van der Waals surface area contributed by atoms with Gasteiger partial charge in [0.1, 0.15) is 0 Å². The molecule has 2 heterocycles. The lowest BCUT2D eigenvalue weighted by Gasteiger charge is -2.06. The van der Waals surface area contributed by atoms with Gasteiger partial charge in [-0.05, 0) is 25.6 Å². The molecule has 0 bridgehead atoms. The standard InChI is InChI=1S/C12H18N4O2S2/c1-3-13-6-10-7-14-16-12(10)20(17,18)15-8-11-5-4-9(2)19-11/h4-5,7,13,15H,3,6,8H2,1-2H3,(H,14,16). The van der Waals surface area contributed by atoms with Crippen LogP contribution in [0.25, 0.3) is 0 Å². The molecule has 2 aromatic heterocycles. The van der Waals surface area contributed by atoms with E-state index >= 15 is 0 Å². The first-order valence-electron chi connectivity index (χ1n) is 6.31. The van der Waals surface area contributed by atoms with E-state index < -0.39 is 10.0 Å². The van der Waals surface area contributed by atoms with Gasteiger partial charge < -0.3 is 5.32 Å². The van der Waals surface area contributed by atoms with Crippen LogP contribution in [0.1, 0.15) is 22.2 Å². The fraction of sp³-hybridized carbons (Fsp3) is 0.417. The molecule has 2 aromatic rings. The molecule has 0 aromatic carbocycles. The van der Waals surface area contributed by atoms with Gasteiger partial charge in [0.05, 0.1) is 6.20 Å². The molecule has 0 amide bonds. The number of aryl methyl sites for hydroxylation is 1. The molecule has 8 heteroatoms. The first kappa shape index (κ1) is 15.2. The Morgan fingerprint density at radius 2 is 2.15 bits per heavy atom. The van der Waals surface area contributed by atoms with Crippen molar-refractivity contribution in [3.63, 3.8) is 0 Å². The molecule has 0 aliphatic heterocycles. The Hall–Kier alpha value is -1.22. The number of H-pyrrole nitrogens is 1. The van der Waals surface area contributed by atoms with Crippen molar-refractivity contribution in [2.24, 2.45) is 0 Å². The van der Waals surface area contributed by atoms with Crippen LogP contribution in [0.3, 0.4) is 0 Å². The van der Waals surface area contributed by atoms with Crippen molar-refractivity contribution < 1.29 is 8.42 Å². The number of aromatic amines is 1. The van der Waals surface area contributed by atoms with Gasteiger partial charge in [-0.25, -0.2) is 13.1 Å². The van der Waals surface area contributed by atoms with Gasteiger partial charge in [0.15, 0.2) is 5.03 Å². The highest BCUT2D eigenvalue weighted by Crippen LogP contribution is 2.16. The molecule has 0 spiro atoms. The predicted molar refractivity (Wildman–Crippen MR) is 79.0 cm³/mol. The van der Waals surface area contributed by atoms with Gasteiger partial charge in [-0.15, -0.1) is 11.3 Å². The van der Waals surface area contributed by atoms with Crippen LogP contribution in [0, 0.1) is 6.92 Å². The minimum absolute atomic E-state index is 0.131. The van der Waals surface area contributed by atoms with Crippen molar-refractivity contribution in [3.05, 3.63) is 33.6 Å². The van der Waals surface area contributed by atoms with Crippen LogP contribution in [0.4, 0.5) is 0 Å². The van der Waals surface area contributed by atoms with E-state index in [-0.39, 0.29) is 5.03 Å². The quantitative estimate of drug-likeness (QED) is 0.720. The molecule has 0 saturated heterocycles. The molecule has 0 fully saturated rings. The van der Waals surface area contributed by atoms with E-state index in [1.807, 2.05) is 26.0 Å². The summed E-state index contributed by atoms with van der Waals surface area (Å²) in [6.07, 6.45) is 1.53. The minimum Gasteiger partial charge on any atom is -0.313 e. The highest BCUT2D eigenvalue weighted by atomic mass is 32.2. The van der Waals surface area contributed by atoms with Crippen molar-refractivity contribution in [2.45, 2.75) is 32.0 Å².